The summed E-state index contributed by atoms with van der Waals surface area (Å²) in [5, 5.41) is 3.05. The Morgan fingerprint density at radius 2 is 1.91 bits per heavy atom. The minimum atomic E-state index is -0.176. The molecule has 0 aromatic heterocycles. The van der Waals surface area contributed by atoms with Crippen molar-refractivity contribution in [3.05, 3.63) is 63.6 Å². The number of carbonyl (C=O) groups excluding carboxylic acids is 1. The van der Waals surface area contributed by atoms with Crippen molar-refractivity contribution in [1.82, 2.24) is 4.90 Å². The van der Waals surface area contributed by atoms with Crippen LogP contribution in [0.1, 0.15) is 29.5 Å². The summed E-state index contributed by atoms with van der Waals surface area (Å²) in [6, 6.07) is 14.2. The third kappa shape index (κ3) is 3.82. The number of rotatable bonds is 3. The van der Waals surface area contributed by atoms with Crippen molar-refractivity contribution in [2.24, 2.45) is 0 Å². The van der Waals surface area contributed by atoms with Crippen LogP contribution in [0.4, 0.5) is 5.69 Å². The molecule has 0 radical (unpaired) electrons. The Labute approximate surface area is 145 Å². The molecule has 2 aromatic rings. The molecule has 2 aromatic carbocycles. The first kappa shape index (κ1) is 16.2. The Morgan fingerprint density at radius 1 is 1.17 bits per heavy atom. The first-order valence-electron chi connectivity index (χ1n) is 7.89. The Morgan fingerprint density at radius 3 is 2.65 bits per heavy atom. The van der Waals surface area contributed by atoms with E-state index in [1.165, 1.54) is 11.1 Å². The van der Waals surface area contributed by atoms with E-state index in [1.54, 1.807) is 0 Å². The molecule has 3 nitrogen and oxygen atoms in total. The van der Waals surface area contributed by atoms with E-state index >= 15 is 0 Å². The van der Waals surface area contributed by atoms with Gasteiger partial charge in [0.1, 0.15) is 0 Å². The van der Waals surface area contributed by atoms with E-state index in [1.807, 2.05) is 37.3 Å². The number of carbonyl (C=O) groups is 1. The zero-order chi connectivity index (χ0) is 16.4. The molecule has 1 atom stereocenters. The summed E-state index contributed by atoms with van der Waals surface area (Å²) < 4.78 is 1.02. The lowest BCUT2D eigenvalue weighted by Gasteiger charge is -2.25. The van der Waals surface area contributed by atoms with Gasteiger partial charge in [0.15, 0.2) is 0 Å². The highest BCUT2D eigenvalue weighted by molar-refractivity contribution is 9.10. The number of benzene rings is 2. The molecule has 1 heterocycles. The average molecular weight is 373 g/mol. The number of nitrogens with zero attached hydrogens (tertiary/aromatic N) is 1. The molecule has 1 N–H and O–H groups in total. The molecule has 3 rings (SSSR count). The molecular formula is C19H21BrN2O. The van der Waals surface area contributed by atoms with Crippen molar-refractivity contribution in [3.8, 4) is 0 Å². The Hall–Kier alpha value is -1.65. The second-order valence-corrected chi connectivity index (χ2v) is 7.15. The van der Waals surface area contributed by atoms with Crippen molar-refractivity contribution in [1.29, 1.82) is 0 Å². The molecule has 0 saturated heterocycles. The van der Waals surface area contributed by atoms with E-state index in [9.17, 15) is 4.79 Å². The van der Waals surface area contributed by atoms with Gasteiger partial charge in [-0.2, -0.15) is 0 Å². The van der Waals surface area contributed by atoms with Gasteiger partial charge in [-0.05, 0) is 61.3 Å². The van der Waals surface area contributed by atoms with Gasteiger partial charge in [-0.25, -0.2) is 0 Å². The van der Waals surface area contributed by atoms with E-state index in [0.717, 1.165) is 35.2 Å². The zero-order valence-electron chi connectivity index (χ0n) is 13.5. The predicted octanol–water partition coefficient (Wildman–Crippen LogP) is 4.18. The van der Waals surface area contributed by atoms with E-state index in [-0.39, 0.29) is 11.8 Å². The highest BCUT2D eigenvalue weighted by atomic mass is 79.9. The average Bonchev–Trinajstić information content (AvgIpc) is 2.55. The van der Waals surface area contributed by atoms with Crippen LogP contribution in [0.25, 0.3) is 0 Å². The van der Waals surface area contributed by atoms with Crippen LogP contribution in [0.2, 0.25) is 0 Å². The summed E-state index contributed by atoms with van der Waals surface area (Å²) in [6.45, 7) is 3.99. The van der Waals surface area contributed by atoms with Crippen molar-refractivity contribution in [2.45, 2.75) is 25.8 Å². The van der Waals surface area contributed by atoms with Gasteiger partial charge in [-0.1, -0.05) is 34.1 Å². The molecule has 0 saturated carbocycles. The standard InChI is InChI=1S/C19H21BrN2O/c1-13(14-3-6-17(20)7-4-14)19(23)21-18-8-5-16-12-22(2)10-9-15(16)11-18/h3-8,11,13H,9-10,12H2,1-2H3,(H,21,23)/t13-/m0/s1. The first-order valence-corrected chi connectivity index (χ1v) is 8.69. The molecule has 0 spiro atoms. The minimum Gasteiger partial charge on any atom is -0.326 e. The largest absolute Gasteiger partial charge is 0.326 e. The minimum absolute atomic E-state index is 0.0280. The number of amides is 1. The normalized spacial score (nSPS) is 15.8. The molecule has 0 aliphatic carbocycles. The smallest absolute Gasteiger partial charge is 0.231 e. The number of hydrogen-bond acceptors (Lipinski definition) is 2. The van der Waals surface area contributed by atoms with Crippen LogP contribution in [0.3, 0.4) is 0 Å². The number of nitrogens with one attached hydrogen (secondary N) is 1. The van der Waals surface area contributed by atoms with E-state index in [0.29, 0.717) is 0 Å². The van der Waals surface area contributed by atoms with Gasteiger partial charge in [-0.3, -0.25) is 4.79 Å². The van der Waals surface area contributed by atoms with Gasteiger partial charge in [-0.15, -0.1) is 0 Å². The lowest BCUT2D eigenvalue weighted by molar-refractivity contribution is -0.117. The van der Waals surface area contributed by atoms with Crippen molar-refractivity contribution in [3.63, 3.8) is 0 Å². The van der Waals surface area contributed by atoms with Crippen LogP contribution in [-0.2, 0) is 17.8 Å². The maximum atomic E-state index is 12.5. The fraction of sp³-hybridized carbons (Fsp3) is 0.316. The van der Waals surface area contributed by atoms with E-state index < -0.39 is 0 Å². The predicted molar refractivity (Wildman–Crippen MR) is 97.7 cm³/mol. The Kier molecular flexibility index (Phi) is 4.83. The van der Waals surface area contributed by atoms with Gasteiger partial charge in [0, 0.05) is 23.2 Å². The topological polar surface area (TPSA) is 32.3 Å². The number of halogens is 1. The van der Waals surface area contributed by atoms with Crippen molar-refractivity contribution >= 4 is 27.5 Å². The fourth-order valence-electron chi connectivity index (χ4n) is 2.93. The Bertz CT molecular complexity index is 712. The molecule has 120 valence electrons. The molecule has 4 heteroatoms. The first-order chi connectivity index (χ1) is 11.0. The van der Waals surface area contributed by atoms with Crippen LogP contribution < -0.4 is 5.32 Å². The lowest BCUT2D eigenvalue weighted by Crippen LogP contribution is -2.26. The second kappa shape index (κ2) is 6.85. The highest BCUT2D eigenvalue weighted by Crippen LogP contribution is 2.24. The SMILES string of the molecule is C[C@H](C(=O)Nc1ccc2c(c1)CCN(C)C2)c1ccc(Br)cc1. The second-order valence-electron chi connectivity index (χ2n) is 6.23. The third-order valence-corrected chi connectivity index (χ3v) is 4.97. The molecule has 0 fully saturated rings. The molecule has 1 amide bonds. The summed E-state index contributed by atoms with van der Waals surface area (Å²) >= 11 is 3.42. The van der Waals surface area contributed by atoms with Gasteiger partial charge in [0.05, 0.1) is 5.92 Å². The maximum Gasteiger partial charge on any atom is 0.231 e. The quantitative estimate of drug-likeness (QED) is 0.876. The number of fused-ring (bicyclic) bond motifs is 1. The van der Waals surface area contributed by atoms with Gasteiger partial charge < -0.3 is 10.2 Å². The molecule has 0 unspecified atom stereocenters. The summed E-state index contributed by atoms with van der Waals surface area (Å²) in [5.74, 6) is -0.148. The van der Waals surface area contributed by atoms with Gasteiger partial charge in [0.2, 0.25) is 5.91 Å². The Balaban J connectivity index is 1.71. The van der Waals surface area contributed by atoms with Crippen LogP contribution in [0, 0.1) is 0 Å². The molecule has 0 bridgehead atoms. The summed E-state index contributed by atoms with van der Waals surface area (Å²) in [6.07, 6.45) is 1.04. The summed E-state index contributed by atoms with van der Waals surface area (Å²) in [7, 11) is 2.14. The number of likely N-dealkylation sites (N-methyl/N-ethyl adjacent to an activating group) is 1. The van der Waals surface area contributed by atoms with Crippen LogP contribution in [0.15, 0.2) is 46.9 Å². The van der Waals surface area contributed by atoms with Crippen LogP contribution in [0.5, 0.6) is 0 Å². The van der Waals surface area contributed by atoms with Crippen molar-refractivity contribution < 1.29 is 4.79 Å². The fourth-order valence-corrected chi connectivity index (χ4v) is 3.19. The van der Waals surface area contributed by atoms with E-state index in [4.69, 9.17) is 0 Å². The monoisotopic (exact) mass is 372 g/mol. The summed E-state index contributed by atoms with van der Waals surface area (Å²) in [4.78, 5) is 14.8. The lowest BCUT2D eigenvalue weighted by atomic mass is 9.98. The third-order valence-electron chi connectivity index (χ3n) is 4.44. The van der Waals surface area contributed by atoms with E-state index in [2.05, 4.69) is 45.3 Å². The molecule has 1 aliphatic heterocycles. The molecule has 1 aliphatic rings. The summed E-state index contributed by atoms with van der Waals surface area (Å²) in [5.41, 5.74) is 4.61. The van der Waals surface area contributed by atoms with Crippen LogP contribution >= 0.6 is 15.9 Å². The maximum absolute atomic E-state index is 12.5. The molecule has 23 heavy (non-hydrogen) atoms. The number of hydrogen-bond donors (Lipinski definition) is 1. The zero-order valence-corrected chi connectivity index (χ0v) is 15.1. The molecular weight excluding hydrogens is 352 g/mol. The number of anilines is 1. The van der Waals surface area contributed by atoms with Gasteiger partial charge >= 0.3 is 0 Å². The highest BCUT2D eigenvalue weighted by Gasteiger charge is 2.17. The van der Waals surface area contributed by atoms with Gasteiger partial charge in [0.25, 0.3) is 0 Å². The van der Waals surface area contributed by atoms with Crippen LogP contribution in [-0.4, -0.2) is 24.4 Å². The van der Waals surface area contributed by atoms with Crippen molar-refractivity contribution in [2.75, 3.05) is 18.9 Å².